The SMILES string of the molecule is NC1C=CC(C(=O)N2CCC[C@@H]2C(=O)O)C1. The van der Waals surface area contributed by atoms with Gasteiger partial charge >= 0.3 is 5.97 Å². The molecule has 0 aromatic carbocycles. The van der Waals surface area contributed by atoms with Gasteiger partial charge < -0.3 is 15.7 Å². The fourth-order valence-corrected chi connectivity index (χ4v) is 2.41. The van der Waals surface area contributed by atoms with Crippen LogP contribution in [0.1, 0.15) is 19.3 Å². The van der Waals surface area contributed by atoms with E-state index in [1.165, 1.54) is 4.90 Å². The highest BCUT2D eigenvalue weighted by Gasteiger charge is 2.37. The van der Waals surface area contributed by atoms with Gasteiger partial charge in [-0.1, -0.05) is 12.2 Å². The van der Waals surface area contributed by atoms with Gasteiger partial charge in [0.05, 0.1) is 5.92 Å². The van der Waals surface area contributed by atoms with Crippen molar-refractivity contribution in [1.29, 1.82) is 0 Å². The predicted octanol–water partition coefficient (Wildman–Crippen LogP) is -0.0346. The van der Waals surface area contributed by atoms with Crippen LogP contribution in [0.2, 0.25) is 0 Å². The topological polar surface area (TPSA) is 83.6 Å². The van der Waals surface area contributed by atoms with Crippen LogP contribution in [-0.2, 0) is 9.59 Å². The maximum Gasteiger partial charge on any atom is 0.326 e. The molecule has 1 fully saturated rings. The summed E-state index contributed by atoms with van der Waals surface area (Å²) in [5.41, 5.74) is 5.68. The van der Waals surface area contributed by atoms with Crippen molar-refractivity contribution < 1.29 is 14.7 Å². The van der Waals surface area contributed by atoms with E-state index in [0.29, 0.717) is 19.4 Å². The highest BCUT2D eigenvalue weighted by Crippen LogP contribution is 2.25. The molecule has 0 saturated carbocycles. The largest absolute Gasteiger partial charge is 0.480 e. The molecule has 2 rings (SSSR count). The highest BCUT2D eigenvalue weighted by atomic mass is 16.4. The quantitative estimate of drug-likeness (QED) is 0.645. The van der Waals surface area contributed by atoms with Gasteiger partial charge in [0.25, 0.3) is 0 Å². The lowest BCUT2D eigenvalue weighted by molar-refractivity contribution is -0.149. The Hall–Kier alpha value is -1.36. The molecule has 3 N–H and O–H groups in total. The predicted molar refractivity (Wildman–Crippen MR) is 57.6 cm³/mol. The molecule has 0 radical (unpaired) electrons. The van der Waals surface area contributed by atoms with E-state index in [-0.39, 0.29) is 17.9 Å². The number of likely N-dealkylation sites (tertiary alicyclic amines) is 1. The third kappa shape index (κ3) is 1.95. The summed E-state index contributed by atoms with van der Waals surface area (Å²) in [7, 11) is 0. The second-order valence-electron chi connectivity index (χ2n) is 4.42. The van der Waals surface area contributed by atoms with Gasteiger partial charge in [0.2, 0.25) is 5.91 Å². The number of carboxylic acid groups (broad SMARTS) is 1. The van der Waals surface area contributed by atoms with Crippen LogP contribution in [0.5, 0.6) is 0 Å². The molecule has 5 heteroatoms. The van der Waals surface area contributed by atoms with Crippen molar-refractivity contribution >= 4 is 11.9 Å². The van der Waals surface area contributed by atoms with Gasteiger partial charge in [0, 0.05) is 12.6 Å². The number of hydrogen-bond donors (Lipinski definition) is 2. The lowest BCUT2D eigenvalue weighted by atomic mass is 10.1. The molecule has 1 saturated heterocycles. The average Bonchev–Trinajstić information content (AvgIpc) is 2.84. The number of carbonyl (C=O) groups is 2. The molecule has 1 aliphatic heterocycles. The normalized spacial score (nSPS) is 33.3. The Morgan fingerprint density at radius 1 is 1.38 bits per heavy atom. The Morgan fingerprint density at radius 3 is 2.69 bits per heavy atom. The van der Waals surface area contributed by atoms with E-state index in [0.717, 1.165) is 6.42 Å². The molecule has 88 valence electrons. The molecule has 1 heterocycles. The van der Waals surface area contributed by atoms with Gasteiger partial charge in [0.15, 0.2) is 0 Å². The number of carbonyl (C=O) groups excluding carboxylic acids is 1. The summed E-state index contributed by atoms with van der Waals surface area (Å²) in [5.74, 6) is -1.22. The van der Waals surface area contributed by atoms with Crippen LogP contribution in [0, 0.1) is 5.92 Å². The first-order valence-corrected chi connectivity index (χ1v) is 5.57. The van der Waals surface area contributed by atoms with Crippen molar-refractivity contribution in [1.82, 2.24) is 4.90 Å². The summed E-state index contributed by atoms with van der Waals surface area (Å²) in [5, 5.41) is 8.99. The fourth-order valence-electron chi connectivity index (χ4n) is 2.41. The van der Waals surface area contributed by atoms with Crippen molar-refractivity contribution in [2.75, 3.05) is 6.54 Å². The number of hydrogen-bond acceptors (Lipinski definition) is 3. The van der Waals surface area contributed by atoms with Gasteiger partial charge in [-0.15, -0.1) is 0 Å². The molecule has 2 unspecified atom stereocenters. The van der Waals surface area contributed by atoms with Crippen LogP contribution in [0.4, 0.5) is 0 Å². The maximum absolute atomic E-state index is 12.1. The fraction of sp³-hybridized carbons (Fsp3) is 0.636. The van der Waals surface area contributed by atoms with Crippen LogP contribution in [0.3, 0.4) is 0 Å². The van der Waals surface area contributed by atoms with E-state index in [4.69, 9.17) is 10.8 Å². The first-order chi connectivity index (χ1) is 7.59. The molecule has 1 aliphatic carbocycles. The van der Waals surface area contributed by atoms with Crippen LogP contribution in [-0.4, -0.2) is 40.5 Å². The van der Waals surface area contributed by atoms with Gasteiger partial charge in [0.1, 0.15) is 6.04 Å². The van der Waals surface area contributed by atoms with Crippen LogP contribution < -0.4 is 5.73 Å². The Labute approximate surface area is 93.9 Å². The molecular weight excluding hydrogens is 208 g/mol. The van der Waals surface area contributed by atoms with Crippen LogP contribution in [0.25, 0.3) is 0 Å². The zero-order valence-electron chi connectivity index (χ0n) is 9.00. The number of nitrogens with two attached hydrogens (primary N) is 1. The van der Waals surface area contributed by atoms with Gasteiger partial charge in [-0.3, -0.25) is 4.79 Å². The molecule has 0 aromatic rings. The van der Waals surface area contributed by atoms with Gasteiger partial charge in [-0.05, 0) is 19.3 Å². The number of nitrogens with zero attached hydrogens (tertiary/aromatic N) is 1. The minimum Gasteiger partial charge on any atom is -0.480 e. The van der Waals surface area contributed by atoms with E-state index in [1.807, 2.05) is 6.08 Å². The third-order valence-electron chi connectivity index (χ3n) is 3.25. The smallest absolute Gasteiger partial charge is 0.326 e. The molecule has 2 aliphatic rings. The summed E-state index contributed by atoms with van der Waals surface area (Å²) in [6.45, 7) is 0.551. The van der Waals surface area contributed by atoms with Crippen LogP contribution >= 0.6 is 0 Å². The summed E-state index contributed by atoms with van der Waals surface area (Å²) in [6, 6.07) is -0.711. The number of amides is 1. The molecule has 0 spiro atoms. The number of carboxylic acids is 1. The van der Waals surface area contributed by atoms with E-state index < -0.39 is 12.0 Å². The van der Waals surface area contributed by atoms with E-state index in [2.05, 4.69) is 0 Å². The first kappa shape index (κ1) is 11.1. The molecule has 5 nitrogen and oxygen atoms in total. The summed E-state index contributed by atoms with van der Waals surface area (Å²) in [6.07, 6.45) is 5.54. The lowest BCUT2D eigenvalue weighted by Crippen LogP contribution is -2.43. The summed E-state index contributed by atoms with van der Waals surface area (Å²) in [4.78, 5) is 24.5. The standard InChI is InChI=1S/C11H16N2O3/c12-8-4-3-7(6-8)10(14)13-5-1-2-9(13)11(15)16/h3-4,7-9H,1-2,5-6,12H2,(H,15,16)/t7?,8?,9-/m1/s1. The molecule has 3 atom stereocenters. The Bertz CT molecular complexity index is 340. The monoisotopic (exact) mass is 224 g/mol. The molecule has 1 amide bonds. The second-order valence-corrected chi connectivity index (χ2v) is 4.42. The maximum atomic E-state index is 12.1. The van der Waals surface area contributed by atoms with Crippen molar-refractivity contribution in [3.63, 3.8) is 0 Å². The van der Waals surface area contributed by atoms with Crippen molar-refractivity contribution in [2.24, 2.45) is 11.7 Å². The zero-order chi connectivity index (χ0) is 11.7. The van der Waals surface area contributed by atoms with E-state index in [1.54, 1.807) is 6.08 Å². The van der Waals surface area contributed by atoms with Crippen molar-refractivity contribution in [3.8, 4) is 0 Å². The zero-order valence-corrected chi connectivity index (χ0v) is 9.00. The van der Waals surface area contributed by atoms with Gasteiger partial charge in [-0.25, -0.2) is 4.79 Å². The van der Waals surface area contributed by atoms with E-state index >= 15 is 0 Å². The second kappa shape index (κ2) is 4.25. The Morgan fingerprint density at radius 2 is 2.12 bits per heavy atom. The number of aliphatic carboxylic acids is 1. The molecule has 0 aromatic heterocycles. The third-order valence-corrected chi connectivity index (χ3v) is 3.25. The van der Waals surface area contributed by atoms with Crippen LogP contribution in [0.15, 0.2) is 12.2 Å². The van der Waals surface area contributed by atoms with Crippen molar-refractivity contribution in [3.05, 3.63) is 12.2 Å². The summed E-state index contributed by atoms with van der Waals surface area (Å²) >= 11 is 0. The molecule has 0 bridgehead atoms. The minimum atomic E-state index is -0.905. The van der Waals surface area contributed by atoms with E-state index in [9.17, 15) is 9.59 Å². The lowest BCUT2D eigenvalue weighted by Gasteiger charge is -2.24. The minimum absolute atomic E-state index is 0.0696. The Balaban J connectivity index is 2.04. The Kier molecular flexibility index (Phi) is 2.96. The number of rotatable bonds is 2. The average molecular weight is 224 g/mol. The van der Waals surface area contributed by atoms with Crippen molar-refractivity contribution in [2.45, 2.75) is 31.3 Å². The molecule has 16 heavy (non-hydrogen) atoms. The highest BCUT2D eigenvalue weighted by molar-refractivity contribution is 5.87. The summed E-state index contributed by atoms with van der Waals surface area (Å²) < 4.78 is 0. The van der Waals surface area contributed by atoms with Gasteiger partial charge in [-0.2, -0.15) is 0 Å². The molecular formula is C11H16N2O3. The first-order valence-electron chi connectivity index (χ1n) is 5.57.